The maximum absolute atomic E-state index is 11.7. The molecule has 1 fully saturated rings. The van der Waals surface area contributed by atoms with Crippen LogP contribution in [0, 0.1) is 5.41 Å². The number of hydrogen-bond donors (Lipinski definition) is 1. The second-order valence-electron chi connectivity index (χ2n) is 7.87. The summed E-state index contributed by atoms with van der Waals surface area (Å²) >= 11 is 0. The molecule has 1 aromatic rings. The van der Waals surface area contributed by atoms with Crippen LogP contribution < -0.4 is 0 Å². The quantitative estimate of drug-likeness (QED) is 0.839. The van der Waals surface area contributed by atoms with Gasteiger partial charge in [-0.25, -0.2) is 0 Å². The molecule has 0 spiro atoms. The largest absolute Gasteiger partial charge is 0.481 e. The van der Waals surface area contributed by atoms with Crippen LogP contribution in [0.15, 0.2) is 30.3 Å². The Balaban J connectivity index is 2.45. The van der Waals surface area contributed by atoms with Gasteiger partial charge in [-0.3, -0.25) is 4.79 Å². The van der Waals surface area contributed by atoms with Crippen molar-refractivity contribution in [2.45, 2.75) is 57.8 Å². The summed E-state index contributed by atoms with van der Waals surface area (Å²) in [5, 5.41) is 9.70. The fourth-order valence-electron chi connectivity index (χ4n) is 2.63. The Bertz CT molecular complexity index is 547. The molecule has 0 saturated heterocycles. The van der Waals surface area contributed by atoms with E-state index in [-0.39, 0.29) is 5.04 Å². The Morgan fingerprint density at radius 3 is 2.14 bits per heavy atom. The zero-order valence-corrected chi connectivity index (χ0v) is 14.9. The van der Waals surface area contributed by atoms with E-state index in [1.54, 1.807) is 6.92 Å². The number of carboxylic acids is 1. The molecule has 2 atom stereocenters. The van der Waals surface area contributed by atoms with Crippen LogP contribution in [0.1, 0.15) is 39.7 Å². The van der Waals surface area contributed by atoms with Gasteiger partial charge in [-0.1, -0.05) is 51.1 Å². The SMILES string of the molecule is CC1(C(=O)O)CC1(O[Si](C)(C)C(C)(C)C)c1ccccc1. The van der Waals surface area contributed by atoms with Crippen molar-refractivity contribution in [1.82, 2.24) is 0 Å². The van der Waals surface area contributed by atoms with Gasteiger partial charge in [0.2, 0.25) is 0 Å². The van der Waals surface area contributed by atoms with Crippen LogP contribution in [0.4, 0.5) is 0 Å². The minimum Gasteiger partial charge on any atom is -0.481 e. The van der Waals surface area contributed by atoms with Gasteiger partial charge >= 0.3 is 5.97 Å². The van der Waals surface area contributed by atoms with E-state index >= 15 is 0 Å². The Morgan fingerprint density at radius 1 is 1.24 bits per heavy atom. The molecule has 4 heteroatoms. The highest BCUT2D eigenvalue weighted by molar-refractivity contribution is 6.74. The van der Waals surface area contributed by atoms with Gasteiger partial charge in [-0.2, -0.15) is 0 Å². The van der Waals surface area contributed by atoms with E-state index < -0.39 is 25.3 Å². The van der Waals surface area contributed by atoms with Crippen molar-refractivity contribution in [3.8, 4) is 0 Å². The highest BCUT2D eigenvalue weighted by atomic mass is 28.4. The minimum absolute atomic E-state index is 0.0524. The summed E-state index contributed by atoms with van der Waals surface area (Å²) in [7, 11) is -2.06. The van der Waals surface area contributed by atoms with Crippen molar-refractivity contribution in [3.05, 3.63) is 35.9 Å². The molecule has 2 unspecified atom stereocenters. The number of hydrogen-bond acceptors (Lipinski definition) is 2. The molecule has 0 aromatic heterocycles. The molecule has 0 radical (unpaired) electrons. The van der Waals surface area contributed by atoms with Gasteiger partial charge in [-0.15, -0.1) is 0 Å². The van der Waals surface area contributed by atoms with Gasteiger partial charge in [-0.05, 0) is 37.0 Å². The molecule has 1 saturated carbocycles. The standard InChI is InChI=1S/C17H26O3Si/c1-15(2,3)21(5,6)20-17(12-16(17,4)14(18)19)13-10-8-7-9-11-13/h7-11H,12H2,1-6H3,(H,18,19). The Labute approximate surface area is 128 Å². The summed E-state index contributed by atoms with van der Waals surface area (Å²) in [6.07, 6.45) is 0.547. The average molecular weight is 306 g/mol. The van der Waals surface area contributed by atoms with E-state index in [1.165, 1.54) is 0 Å². The van der Waals surface area contributed by atoms with Gasteiger partial charge in [0.15, 0.2) is 8.32 Å². The summed E-state index contributed by atoms with van der Waals surface area (Å²) in [5.41, 5.74) is -0.521. The van der Waals surface area contributed by atoms with Gasteiger partial charge < -0.3 is 9.53 Å². The van der Waals surface area contributed by atoms with E-state index in [9.17, 15) is 9.90 Å². The van der Waals surface area contributed by atoms with E-state index in [4.69, 9.17) is 4.43 Å². The predicted octanol–water partition coefficient (Wildman–Crippen LogP) is 4.40. The average Bonchev–Trinajstić information content (AvgIpc) is 2.96. The first kappa shape index (κ1) is 16.2. The Morgan fingerprint density at radius 2 is 1.76 bits per heavy atom. The molecule has 2 rings (SSSR count). The third-order valence-corrected chi connectivity index (χ3v) is 9.79. The first-order valence-corrected chi connectivity index (χ1v) is 10.4. The lowest BCUT2D eigenvalue weighted by Gasteiger charge is -2.41. The second-order valence-corrected chi connectivity index (χ2v) is 12.6. The lowest BCUT2D eigenvalue weighted by atomic mass is 9.98. The highest BCUT2D eigenvalue weighted by Crippen LogP contribution is 2.67. The third kappa shape index (κ3) is 2.44. The molecule has 116 valence electrons. The van der Waals surface area contributed by atoms with Gasteiger partial charge in [0.1, 0.15) is 5.41 Å². The summed E-state index contributed by atoms with van der Waals surface area (Å²) < 4.78 is 6.62. The van der Waals surface area contributed by atoms with Crippen molar-refractivity contribution in [3.63, 3.8) is 0 Å². The molecule has 1 aliphatic rings. The van der Waals surface area contributed by atoms with Crippen LogP contribution in [0.2, 0.25) is 18.1 Å². The zero-order valence-electron chi connectivity index (χ0n) is 13.9. The van der Waals surface area contributed by atoms with Crippen LogP contribution >= 0.6 is 0 Å². The molecule has 21 heavy (non-hydrogen) atoms. The monoisotopic (exact) mass is 306 g/mol. The predicted molar refractivity (Wildman–Crippen MR) is 86.8 cm³/mol. The molecule has 0 bridgehead atoms. The number of benzene rings is 1. The summed E-state index contributed by atoms with van der Waals surface area (Å²) in [5.74, 6) is -0.773. The molecule has 0 amide bonds. The molecule has 0 aliphatic heterocycles. The number of rotatable bonds is 4. The Kier molecular flexibility index (Phi) is 3.62. The first-order chi connectivity index (χ1) is 9.46. The summed E-state index contributed by atoms with van der Waals surface area (Å²) in [6.45, 7) is 12.7. The number of carbonyl (C=O) groups is 1. The van der Waals surface area contributed by atoms with E-state index in [1.807, 2.05) is 30.3 Å². The molecule has 3 nitrogen and oxygen atoms in total. The minimum atomic E-state index is -2.06. The van der Waals surface area contributed by atoms with Crippen molar-refractivity contribution in [2.24, 2.45) is 5.41 Å². The van der Waals surface area contributed by atoms with E-state index in [0.717, 1.165) is 5.56 Å². The van der Waals surface area contributed by atoms with Crippen LogP contribution in [0.25, 0.3) is 0 Å². The molecule has 0 heterocycles. The topological polar surface area (TPSA) is 46.5 Å². The first-order valence-electron chi connectivity index (χ1n) is 7.45. The smallest absolute Gasteiger partial charge is 0.312 e. The highest BCUT2D eigenvalue weighted by Gasteiger charge is 2.73. The molecule has 1 aliphatic carbocycles. The van der Waals surface area contributed by atoms with Crippen molar-refractivity contribution in [1.29, 1.82) is 0 Å². The lowest BCUT2D eigenvalue weighted by Crippen LogP contribution is -2.46. The molecular weight excluding hydrogens is 280 g/mol. The zero-order chi connectivity index (χ0) is 16.1. The number of aliphatic carboxylic acids is 1. The normalized spacial score (nSPS) is 29.2. The van der Waals surface area contributed by atoms with Gasteiger partial charge in [0.25, 0.3) is 0 Å². The maximum Gasteiger partial charge on any atom is 0.312 e. The molecule has 1 aromatic carbocycles. The summed E-state index contributed by atoms with van der Waals surface area (Å²) in [6, 6.07) is 9.83. The van der Waals surface area contributed by atoms with Crippen molar-refractivity contribution < 1.29 is 14.3 Å². The van der Waals surface area contributed by atoms with Crippen LogP contribution in [-0.4, -0.2) is 19.4 Å². The van der Waals surface area contributed by atoms with Gasteiger partial charge in [0.05, 0.1) is 5.60 Å². The lowest BCUT2D eigenvalue weighted by molar-refractivity contribution is -0.145. The van der Waals surface area contributed by atoms with Gasteiger partial charge in [0, 0.05) is 0 Å². The number of carboxylic acid groups (broad SMARTS) is 1. The Hall–Kier alpha value is -1.13. The van der Waals surface area contributed by atoms with Crippen LogP contribution in [0.5, 0.6) is 0 Å². The second kappa shape index (κ2) is 4.68. The summed E-state index contributed by atoms with van der Waals surface area (Å²) in [4.78, 5) is 11.7. The molecular formula is C17H26O3Si. The molecule has 1 N–H and O–H groups in total. The fraction of sp³-hybridized carbons (Fsp3) is 0.588. The van der Waals surface area contributed by atoms with Crippen LogP contribution in [0.3, 0.4) is 0 Å². The van der Waals surface area contributed by atoms with Crippen molar-refractivity contribution >= 4 is 14.3 Å². The third-order valence-electron chi connectivity index (χ3n) is 5.32. The maximum atomic E-state index is 11.7. The fourth-order valence-corrected chi connectivity index (χ4v) is 4.22. The van der Waals surface area contributed by atoms with Crippen molar-refractivity contribution in [2.75, 3.05) is 0 Å². The van der Waals surface area contributed by atoms with E-state index in [2.05, 4.69) is 33.9 Å². The van der Waals surface area contributed by atoms with Crippen LogP contribution in [-0.2, 0) is 14.8 Å². The van der Waals surface area contributed by atoms with E-state index in [0.29, 0.717) is 6.42 Å².